The number of fused-ring (bicyclic) bond motifs is 2. The van der Waals surface area contributed by atoms with Crippen LogP contribution in [0.2, 0.25) is 5.02 Å². The van der Waals surface area contributed by atoms with Gasteiger partial charge in [0.05, 0.1) is 22.7 Å². The Hall–Kier alpha value is -2.33. The fraction of sp³-hybridized carbons (Fsp3) is 0.458. The average molecular weight is 471 g/mol. The first-order valence-corrected chi connectivity index (χ1v) is 12.0. The van der Waals surface area contributed by atoms with Crippen LogP contribution in [0, 0.1) is 11.3 Å². The fourth-order valence-corrected chi connectivity index (χ4v) is 5.32. The molecule has 1 fully saturated rings. The van der Waals surface area contributed by atoms with Crippen molar-refractivity contribution < 1.29 is 9.47 Å². The summed E-state index contributed by atoms with van der Waals surface area (Å²) >= 11 is 12.5. The fourth-order valence-electron chi connectivity index (χ4n) is 4.88. The van der Waals surface area contributed by atoms with Gasteiger partial charge >= 0.3 is 0 Å². The van der Waals surface area contributed by atoms with Crippen molar-refractivity contribution in [3.8, 4) is 11.8 Å². The highest BCUT2D eigenvalue weighted by atomic mass is 35.5. The molecule has 32 heavy (non-hydrogen) atoms. The van der Waals surface area contributed by atoms with Gasteiger partial charge in [-0.2, -0.15) is 10.4 Å². The highest BCUT2D eigenvalue weighted by Gasteiger charge is 2.28. The van der Waals surface area contributed by atoms with Gasteiger partial charge in [-0.15, -0.1) is 11.6 Å². The van der Waals surface area contributed by atoms with E-state index < -0.39 is 0 Å². The second-order valence-corrected chi connectivity index (χ2v) is 9.08. The minimum Gasteiger partial charge on any atom is -0.489 e. The van der Waals surface area contributed by atoms with E-state index in [4.69, 9.17) is 37.7 Å². The number of hydrogen-bond acceptors (Lipinski definition) is 5. The number of rotatable bonds is 5. The van der Waals surface area contributed by atoms with Crippen LogP contribution in [-0.2, 0) is 11.2 Å². The molecule has 0 saturated carbocycles. The summed E-state index contributed by atoms with van der Waals surface area (Å²) in [6, 6.07) is 6.33. The van der Waals surface area contributed by atoms with Crippen LogP contribution >= 0.6 is 23.2 Å². The van der Waals surface area contributed by atoms with Crippen molar-refractivity contribution in [1.82, 2.24) is 14.8 Å². The van der Waals surface area contributed by atoms with Gasteiger partial charge in [0.25, 0.3) is 0 Å². The van der Waals surface area contributed by atoms with Crippen LogP contribution in [-0.4, -0.2) is 33.9 Å². The average Bonchev–Trinajstić information content (AvgIpc) is 3.27. The molecule has 2 aliphatic rings. The van der Waals surface area contributed by atoms with Crippen molar-refractivity contribution in [2.45, 2.75) is 50.7 Å². The predicted molar refractivity (Wildman–Crippen MR) is 124 cm³/mol. The zero-order valence-electron chi connectivity index (χ0n) is 17.7. The van der Waals surface area contributed by atoms with E-state index in [-0.39, 0.29) is 12.1 Å². The summed E-state index contributed by atoms with van der Waals surface area (Å²) in [5.74, 6) is 0.903. The van der Waals surface area contributed by atoms with Gasteiger partial charge in [-0.1, -0.05) is 11.6 Å². The lowest BCUT2D eigenvalue weighted by Crippen LogP contribution is -2.19. The third kappa shape index (κ3) is 3.83. The van der Waals surface area contributed by atoms with E-state index in [1.165, 1.54) is 0 Å². The minimum atomic E-state index is -0.0431. The zero-order valence-corrected chi connectivity index (χ0v) is 19.2. The van der Waals surface area contributed by atoms with Crippen molar-refractivity contribution >= 4 is 34.2 Å². The number of aromatic nitrogens is 3. The van der Waals surface area contributed by atoms with Crippen LogP contribution in [0.1, 0.15) is 66.5 Å². The Morgan fingerprint density at radius 2 is 2.12 bits per heavy atom. The molecule has 2 aromatic heterocycles. The minimum absolute atomic E-state index is 0.0431. The van der Waals surface area contributed by atoms with Gasteiger partial charge in [0.1, 0.15) is 12.7 Å². The lowest BCUT2D eigenvalue weighted by Gasteiger charge is -2.28. The van der Waals surface area contributed by atoms with Crippen LogP contribution < -0.4 is 4.74 Å². The molecule has 3 heterocycles. The Balaban J connectivity index is 1.52. The number of pyridine rings is 1. The summed E-state index contributed by atoms with van der Waals surface area (Å²) in [7, 11) is 0. The lowest BCUT2D eigenvalue weighted by atomic mass is 9.78. The molecule has 2 atom stereocenters. The smallest absolute Gasteiger partial charge is 0.160 e. The summed E-state index contributed by atoms with van der Waals surface area (Å²) < 4.78 is 13.5. The molecule has 166 valence electrons. The summed E-state index contributed by atoms with van der Waals surface area (Å²) in [5, 5.41) is 15.8. The molecule has 0 N–H and O–H groups in total. The van der Waals surface area contributed by atoms with Crippen molar-refractivity contribution in [1.29, 1.82) is 5.26 Å². The number of alkyl halides is 1. The number of nitriles is 1. The van der Waals surface area contributed by atoms with Crippen molar-refractivity contribution in [2.75, 3.05) is 19.1 Å². The third-order valence-electron chi connectivity index (χ3n) is 6.38. The van der Waals surface area contributed by atoms with Crippen LogP contribution in [0.4, 0.5) is 0 Å². The molecule has 0 spiro atoms. The Kier molecular flexibility index (Phi) is 6.23. The lowest BCUT2D eigenvalue weighted by molar-refractivity contribution is -0.0370. The normalized spacial score (nSPS) is 20.7. The SMILES string of the molecule is N#Cc1cc2c(c(Cl)c1OCCCl)CCCC2c1cnc2c(cnn2C2CCCCO2)c1. The molecular weight excluding hydrogens is 447 g/mol. The molecule has 5 rings (SSSR count). The number of halogens is 2. The molecule has 1 saturated heterocycles. The van der Waals surface area contributed by atoms with Gasteiger partial charge in [0, 0.05) is 24.1 Å². The van der Waals surface area contributed by atoms with Crippen LogP contribution in [0.5, 0.6) is 5.75 Å². The molecule has 3 aromatic rings. The Bertz CT molecular complexity index is 1180. The van der Waals surface area contributed by atoms with Gasteiger partial charge in [-0.25, -0.2) is 9.67 Å². The predicted octanol–water partition coefficient (Wildman–Crippen LogP) is 5.74. The van der Waals surface area contributed by atoms with Crippen LogP contribution in [0.25, 0.3) is 11.0 Å². The molecule has 2 unspecified atom stereocenters. The monoisotopic (exact) mass is 470 g/mol. The summed E-state index contributed by atoms with van der Waals surface area (Å²) in [6.07, 6.45) is 9.79. The first kappa shape index (κ1) is 21.5. The first-order valence-electron chi connectivity index (χ1n) is 11.1. The highest BCUT2D eigenvalue weighted by Crippen LogP contribution is 2.44. The summed E-state index contributed by atoms with van der Waals surface area (Å²) in [6.45, 7) is 1.08. The van der Waals surface area contributed by atoms with Gasteiger partial charge in [-0.05, 0) is 67.3 Å². The van der Waals surface area contributed by atoms with E-state index in [0.29, 0.717) is 28.8 Å². The van der Waals surface area contributed by atoms with Crippen molar-refractivity contribution in [3.63, 3.8) is 0 Å². The van der Waals surface area contributed by atoms with E-state index in [1.807, 2.05) is 23.1 Å². The maximum Gasteiger partial charge on any atom is 0.160 e. The Labute approximate surface area is 197 Å². The van der Waals surface area contributed by atoms with E-state index >= 15 is 0 Å². The van der Waals surface area contributed by atoms with Crippen LogP contribution in [0.3, 0.4) is 0 Å². The molecule has 1 aromatic carbocycles. The van der Waals surface area contributed by atoms with Gasteiger partial charge < -0.3 is 9.47 Å². The molecule has 0 amide bonds. The topological polar surface area (TPSA) is 73.0 Å². The quantitative estimate of drug-likeness (QED) is 0.444. The third-order valence-corrected chi connectivity index (χ3v) is 6.94. The number of nitrogens with zero attached hydrogens (tertiary/aromatic N) is 4. The number of benzene rings is 1. The number of hydrogen-bond donors (Lipinski definition) is 0. The molecule has 8 heteroatoms. The second-order valence-electron chi connectivity index (χ2n) is 8.32. The van der Waals surface area contributed by atoms with E-state index in [0.717, 1.165) is 72.9 Å². The molecule has 0 bridgehead atoms. The summed E-state index contributed by atoms with van der Waals surface area (Å²) in [4.78, 5) is 4.77. The summed E-state index contributed by atoms with van der Waals surface area (Å²) in [5.41, 5.74) is 4.54. The zero-order chi connectivity index (χ0) is 22.1. The van der Waals surface area contributed by atoms with E-state index in [2.05, 4.69) is 17.2 Å². The van der Waals surface area contributed by atoms with Crippen LogP contribution in [0.15, 0.2) is 24.5 Å². The van der Waals surface area contributed by atoms with Crippen molar-refractivity contribution in [3.05, 3.63) is 51.8 Å². The van der Waals surface area contributed by atoms with Gasteiger partial charge in [-0.3, -0.25) is 0 Å². The Morgan fingerprint density at radius 3 is 2.91 bits per heavy atom. The largest absolute Gasteiger partial charge is 0.489 e. The number of ether oxygens (including phenoxy) is 2. The standard InChI is InChI=1S/C24H24Cl2N4O2/c25-7-9-32-23-15(12-27)11-20-18(4-3-5-19(20)22(23)26)16-10-17-14-29-30(24(17)28-13-16)21-6-1-2-8-31-21/h10-11,13-14,18,21H,1-9H2. The van der Waals surface area contributed by atoms with E-state index in [1.54, 1.807) is 0 Å². The highest BCUT2D eigenvalue weighted by molar-refractivity contribution is 6.33. The second kappa shape index (κ2) is 9.27. The molecule has 6 nitrogen and oxygen atoms in total. The molecule has 1 aliphatic heterocycles. The van der Waals surface area contributed by atoms with Gasteiger partial charge in [0.15, 0.2) is 17.6 Å². The first-order chi connectivity index (χ1) is 15.7. The molecule has 0 radical (unpaired) electrons. The maximum atomic E-state index is 9.71. The molecule has 1 aliphatic carbocycles. The molecular formula is C24H24Cl2N4O2. The maximum absolute atomic E-state index is 9.71. The van der Waals surface area contributed by atoms with E-state index in [9.17, 15) is 5.26 Å². The Morgan fingerprint density at radius 1 is 1.22 bits per heavy atom. The van der Waals surface area contributed by atoms with Crippen molar-refractivity contribution in [2.24, 2.45) is 0 Å². The van der Waals surface area contributed by atoms with Gasteiger partial charge in [0.2, 0.25) is 0 Å².